The Morgan fingerprint density at radius 2 is 1.71 bits per heavy atom. The summed E-state index contributed by atoms with van der Waals surface area (Å²) in [5.74, 6) is 2.52. The van der Waals surface area contributed by atoms with E-state index >= 15 is 0 Å². The molecule has 0 spiro atoms. The summed E-state index contributed by atoms with van der Waals surface area (Å²) in [4.78, 5) is 28.9. The van der Waals surface area contributed by atoms with Gasteiger partial charge in [-0.3, -0.25) is 4.98 Å². The fraction of sp³-hybridized carbons (Fsp3) is 0.375. The zero-order valence-corrected chi connectivity index (χ0v) is 19.4. The van der Waals surface area contributed by atoms with E-state index in [1.54, 1.807) is 24.8 Å². The molecule has 0 unspecified atom stereocenters. The summed E-state index contributed by atoms with van der Waals surface area (Å²) < 4.78 is 5.65. The summed E-state index contributed by atoms with van der Waals surface area (Å²) in [7, 11) is 0. The van der Waals surface area contributed by atoms with E-state index in [-0.39, 0.29) is 5.95 Å². The second kappa shape index (κ2) is 8.66. The third kappa shape index (κ3) is 4.08. The van der Waals surface area contributed by atoms with Crippen LogP contribution in [0.2, 0.25) is 0 Å². The van der Waals surface area contributed by atoms with Gasteiger partial charge >= 0.3 is 0 Å². The summed E-state index contributed by atoms with van der Waals surface area (Å²) >= 11 is 0. The average molecular weight is 471 g/mol. The minimum atomic E-state index is -0.418. The van der Waals surface area contributed by atoms with Crippen LogP contribution in [0, 0.1) is 5.92 Å². The number of anilines is 2. The summed E-state index contributed by atoms with van der Waals surface area (Å²) in [6.45, 7) is 5.87. The smallest absolute Gasteiger partial charge is 0.278 e. The molecule has 6 rings (SSSR count). The lowest BCUT2D eigenvalue weighted by Gasteiger charge is -2.27. The number of nitrogens with two attached hydrogens (primary N) is 1. The van der Waals surface area contributed by atoms with Gasteiger partial charge in [0, 0.05) is 50.3 Å². The molecule has 1 saturated heterocycles. The average Bonchev–Trinajstić information content (AvgIpc) is 3.66. The van der Waals surface area contributed by atoms with E-state index in [9.17, 15) is 0 Å². The fourth-order valence-corrected chi connectivity index (χ4v) is 4.58. The predicted molar refractivity (Wildman–Crippen MR) is 129 cm³/mol. The van der Waals surface area contributed by atoms with Gasteiger partial charge < -0.3 is 20.5 Å². The Morgan fingerprint density at radius 1 is 0.943 bits per heavy atom. The molecule has 2 aliphatic rings. The van der Waals surface area contributed by atoms with Crippen molar-refractivity contribution in [1.82, 2.24) is 40.4 Å². The Labute approximate surface area is 202 Å². The largest absolute Gasteiger partial charge is 0.368 e. The third-order valence-electron chi connectivity index (χ3n) is 6.91. The van der Waals surface area contributed by atoms with Crippen molar-refractivity contribution >= 4 is 11.8 Å². The molecular formula is C24H26N10O. The Bertz CT molecular complexity index is 1300. The third-order valence-corrected chi connectivity index (χ3v) is 6.91. The lowest BCUT2D eigenvalue weighted by molar-refractivity contribution is 0.385. The molecule has 178 valence electrons. The van der Waals surface area contributed by atoms with Gasteiger partial charge in [0.2, 0.25) is 5.95 Å². The lowest BCUT2D eigenvalue weighted by atomic mass is 9.77. The first kappa shape index (κ1) is 21.5. The molecule has 3 N–H and O–H groups in total. The minimum absolute atomic E-state index is 0.239. The van der Waals surface area contributed by atoms with Crippen LogP contribution < -0.4 is 16.0 Å². The molecule has 2 fully saturated rings. The van der Waals surface area contributed by atoms with E-state index in [1.165, 1.54) is 0 Å². The van der Waals surface area contributed by atoms with Crippen molar-refractivity contribution in [1.29, 1.82) is 0 Å². The quantitative estimate of drug-likeness (QED) is 0.427. The highest BCUT2D eigenvalue weighted by Gasteiger charge is 2.47. The molecule has 0 amide bonds. The molecule has 4 aromatic rings. The number of nitrogen functional groups attached to an aromatic ring is 1. The van der Waals surface area contributed by atoms with Crippen LogP contribution in [0.15, 0.2) is 47.6 Å². The van der Waals surface area contributed by atoms with Crippen molar-refractivity contribution in [3.63, 3.8) is 0 Å². The van der Waals surface area contributed by atoms with Crippen molar-refractivity contribution in [2.45, 2.75) is 25.2 Å². The van der Waals surface area contributed by atoms with E-state index < -0.39 is 5.41 Å². The van der Waals surface area contributed by atoms with Gasteiger partial charge in [-0.15, -0.1) is 0 Å². The van der Waals surface area contributed by atoms with Crippen LogP contribution in [0.3, 0.4) is 0 Å². The molecule has 1 aliphatic carbocycles. The van der Waals surface area contributed by atoms with Crippen molar-refractivity contribution in [2.24, 2.45) is 5.92 Å². The van der Waals surface area contributed by atoms with Crippen LogP contribution in [0.1, 0.15) is 31.2 Å². The van der Waals surface area contributed by atoms with Crippen LogP contribution >= 0.6 is 0 Å². The molecular weight excluding hydrogens is 444 g/mol. The Balaban J connectivity index is 1.26. The molecule has 11 heteroatoms. The highest BCUT2D eigenvalue weighted by Crippen LogP contribution is 2.50. The normalized spacial score (nSPS) is 17.8. The van der Waals surface area contributed by atoms with E-state index in [0.29, 0.717) is 23.3 Å². The van der Waals surface area contributed by atoms with Crippen LogP contribution in [-0.4, -0.2) is 61.2 Å². The first-order chi connectivity index (χ1) is 17.1. The molecule has 4 aromatic heterocycles. The molecule has 35 heavy (non-hydrogen) atoms. The molecule has 0 bridgehead atoms. The number of hydrogen-bond donors (Lipinski definition) is 2. The topological polar surface area (TPSA) is 145 Å². The predicted octanol–water partition coefficient (Wildman–Crippen LogP) is 2.09. The minimum Gasteiger partial charge on any atom is -0.368 e. The van der Waals surface area contributed by atoms with Crippen molar-refractivity contribution in [2.75, 3.05) is 36.8 Å². The highest BCUT2D eigenvalue weighted by molar-refractivity contribution is 5.58. The first-order valence-electron chi connectivity index (χ1n) is 11.8. The van der Waals surface area contributed by atoms with Gasteiger partial charge in [0.1, 0.15) is 11.5 Å². The van der Waals surface area contributed by atoms with E-state index in [4.69, 9.17) is 15.2 Å². The van der Waals surface area contributed by atoms with E-state index in [0.717, 1.165) is 61.7 Å². The summed E-state index contributed by atoms with van der Waals surface area (Å²) in [6.07, 6.45) is 10.9. The number of aromatic nitrogens is 7. The molecule has 0 aromatic carbocycles. The molecule has 1 aliphatic heterocycles. The number of piperazine rings is 1. The van der Waals surface area contributed by atoms with Crippen molar-refractivity contribution in [3.05, 3.63) is 54.5 Å². The standard InChI is InChI=1S/C24H26N10O/c1-24(16-2-3-16,17-4-5-18(27-12-17)15-10-30-23(25)31-11-15)22-32-21(35-33-22)19-13-29-20(14-28-19)34-8-6-26-7-9-34/h4-5,10-14,16,26H,2-3,6-9H2,1H3,(H2,25,30,31)/t24-/m1/s1. The van der Waals surface area contributed by atoms with Gasteiger partial charge in [0.25, 0.3) is 5.89 Å². The van der Waals surface area contributed by atoms with Crippen LogP contribution in [0.5, 0.6) is 0 Å². The second-order valence-electron chi connectivity index (χ2n) is 9.16. The zero-order chi connectivity index (χ0) is 23.8. The lowest BCUT2D eigenvalue weighted by Crippen LogP contribution is -2.43. The maximum absolute atomic E-state index is 5.65. The Kier molecular flexibility index (Phi) is 5.33. The highest BCUT2D eigenvalue weighted by atomic mass is 16.5. The first-order valence-corrected chi connectivity index (χ1v) is 11.8. The zero-order valence-electron chi connectivity index (χ0n) is 19.4. The van der Waals surface area contributed by atoms with Crippen LogP contribution in [0.25, 0.3) is 22.8 Å². The molecule has 0 radical (unpaired) electrons. The molecule has 5 heterocycles. The van der Waals surface area contributed by atoms with E-state index in [2.05, 4.69) is 53.3 Å². The maximum Gasteiger partial charge on any atom is 0.278 e. The molecule has 1 saturated carbocycles. The number of nitrogens with one attached hydrogen (secondary N) is 1. The van der Waals surface area contributed by atoms with Gasteiger partial charge in [-0.2, -0.15) is 4.98 Å². The number of rotatable bonds is 6. The monoisotopic (exact) mass is 470 g/mol. The van der Waals surface area contributed by atoms with Gasteiger partial charge in [-0.1, -0.05) is 11.2 Å². The van der Waals surface area contributed by atoms with Gasteiger partial charge in [0.15, 0.2) is 5.82 Å². The molecule has 1 atom stereocenters. The maximum atomic E-state index is 5.65. The summed E-state index contributed by atoms with van der Waals surface area (Å²) in [5.41, 5.74) is 8.37. The Hall–Kier alpha value is -3.99. The van der Waals surface area contributed by atoms with Crippen LogP contribution in [0.4, 0.5) is 11.8 Å². The number of pyridine rings is 1. The second-order valence-corrected chi connectivity index (χ2v) is 9.16. The van der Waals surface area contributed by atoms with Gasteiger partial charge in [-0.05, 0) is 37.3 Å². The number of hydrogen-bond acceptors (Lipinski definition) is 11. The van der Waals surface area contributed by atoms with Crippen molar-refractivity contribution < 1.29 is 4.52 Å². The fourth-order valence-electron chi connectivity index (χ4n) is 4.58. The number of nitrogens with zero attached hydrogens (tertiary/aromatic N) is 8. The van der Waals surface area contributed by atoms with Crippen LogP contribution in [-0.2, 0) is 5.41 Å². The van der Waals surface area contributed by atoms with Gasteiger partial charge in [-0.25, -0.2) is 19.9 Å². The Morgan fingerprint density at radius 3 is 2.37 bits per heavy atom. The molecule has 11 nitrogen and oxygen atoms in total. The van der Waals surface area contributed by atoms with Crippen molar-refractivity contribution in [3.8, 4) is 22.8 Å². The summed E-state index contributed by atoms with van der Waals surface area (Å²) in [5, 5.41) is 7.71. The summed E-state index contributed by atoms with van der Waals surface area (Å²) in [6, 6.07) is 4.03. The van der Waals surface area contributed by atoms with E-state index in [1.807, 2.05) is 12.3 Å². The van der Waals surface area contributed by atoms with Gasteiger partial charge in [0.05, 0.1) is 23.5 Å². The SMILES string of the molecule is C[C@@](c1ccc(-c2cnc(N)nc2)nc1)(c1noc(-c2cnc(N3CCNCC3)cn2)n1)C1CC1.